The lowest BCUT2D eigenvalue weighted by atomic mass is 9.85. The highest BCUT2D eigenvalue weighted by molar-refractivity contribution is 6.23. The molecule has 6 aliphatic heterocycles. The van der Waals surface area contributed by atoms with E-state index < -0.39 is 29.7 Å². The summed E-state index contributed by atoms with van der Waals surface area (Å²) < 4.78 is 8.06. The summed E-state index contributed by atoms with van der Waals surface area (Å²) in [7, 11) is 0. The molecule has 4 N–H and O–H groups in total. The van der Waals surface area contributed by atoms with E-state index in [0.717, 1.165) is 112 Å². The first-order chi connectivity index (χ1) is 30.7. The van der Waals surface area contributed by atoms with Gasteiger partial charge in [0.15, 0.2) is 0 Å². The van der Waals surface area contributed by atoms with Crippen molar-refractivity contribution in [1.82, 2.24) is 29.8 Å². The number of anilines is 2. The molecule has 6 aliphatic rings. The van der Waals surface area contributed by atoms with Crippen molar-refractivity contribution in [3.05, 3.63) is 89.5 Å². The van der Waals surface area contributed by atoms with Crippen LogP contribution in [0.15, 0.2) is 72.8 Å². The normalized spacial score (nSPS) is 23.0. The first-order valence-electron chi connectivity index (χ1n) is 22.7. The first kappa shape index (κ1) is 41.0. The lowest BCUT2D eigenvalue weighted by Gasteiger charge is -2.44. The number of nitrogens with two attached hydrogens (primary N) is 1. The Bertz CT molecular complexity index is 2400. The molecule has 0 bridgehead atoms. The second-order valence-electron chi connectivity index (χ2n) is 18.1. The number of carbonyl (C=O) groups excluding carboxylic acids is 5. The maximum atomic E-state index is 13.4. The molecule has 0 spiro atoms. The van der Waals surface area contributed by atoms with Gasteiger partial charge in [0.1, 0.15) is 34.6 Å². The van der Waals surface area contributed by atoms with Crippen LogP contribution in [0.3, 0.4) is 0 Å². The van der Waals surface area contributed by atoms with Crippen LogP contribution in [-0.4, -0.2) is 118 Å². The zero-order chi connectivity index (χ0) is 43.2. The molecule has 4 fully saturated rings. The van der Waals surface area contributed by atoms with Crippen LogP contribution in [0.25, 0.3) is 11.3 Å². The summed E-state index contributed by atoms with van der Waals surface area (Å²) in [6.45, 7) is 8.01. The van der Waals surface area contributed by atoms with E-state index in [1.807, 2.05) is 60.7 Å². The third-order valence-electron chi connectivity index (χ3n) is 14.4. The Kier molecular flexibility index (Phi) is 11.2. The first-order valence-corrected chi connectivity index (χ1v) is 22.7. The van der Waals surface area contributed by atoms with Gasteiger partial charge in [-0.1, -0.05) is 18.2 Å². The van der Waals surface area contributed by atoms with E-state index >= 15 is 0 Å². The number of hydrogen-bond donors (Lipinski definition) is 3. The molecular formula is C48H55N9O6. The quantitative estimate of drug-likeness (QED) is 0.177. The molecule has 5 amide bonds. The van der Waals surface area contributed by atoms with Crippen molar-refractivity contribution in [1.29, 1.82) is 0 Å². The average molecular weight is 854 g/mol. The van der Waals surface area contributed by atoms with Gasteiger partial charge in [0.05, 0.1) is 17.2 Å². The SMILES string of the molecule is NC(=O)c1c(-c2ccc(Oc3ccccc3)cc2)nn2c1NCCC2C1CCN(C2CCN(CC3CCN(c4ccc5c(c4)C(=O)N(C4CCC(=O)NC4=O)C5=O)CC3)CC2)CC1. The van der Waals surface area contributed by atoms with E-state index in [1.54, 1.807) is 12.1 Å². The third kappa shape index (κ3) is 8.08. The zero-order valence-electron chi connectivity index (χ0n) is 35.5. The minimum atomic E-state index is -0.962. The largest absolute Gasteiger partial charge is 0.457 e. The van der Waals surface area contributed by atoms with Crippen LogP contribution >= 0.6 is 0 Å². The number of nitrogens with zero attached hydrogens (tertiary/aromatic N) is 6. The minimum Gasteiger partial charge on any atom is -0.457 e. The molecule has 3 aromatic carbocycles. The van der Waals surface area contributed by atoms with Crippen molar-refractivity contribution in [2.24, 2.45) is 17.6 Å². The van der Waals surface area contributed by atoms with Gasteiger partial charge in [-0.05, 0) is 144 Å². The zero-order valence-corrected chi connectivity index (χ0v) is 35.5. The number of para-hydroxylation sites is 1. The Balaban J connectivity index is 0.695. The molecule has 10 rings (SSSR count). The van der Waals surface area contributed by atoms with Crippen molar-refractivity contribution >= 4 is 41.0 Å². The van der Waals surface area contributed by atoms with E-state index in [-0.39, 0.29) is 24.8 Å². The van der Waals surface area contributed by atoms with Crippen LogP contribution in [0, 0.1) is 11.8 Å². The average Bonchev–Trinajstić information content (AvgIpc) is 3.82. The van der Waals surface area contributed by atoms with E-state index in [1.165, 1.54) is 12.8 Å². The molecule has 4 aromatic rings. The second-order valence-corrected chi connectivity index (χ2v) is 18.1. The molecule has 7 heterocycles. The summed E-state index contributed by atoms with van der Waals surface area (Å²) in [5.41, 5.74) is 9.46. The molecule has 2 atom stereocenters. The van der Waals surface area contributed by atoms with Crippen LogP contribution in [0.5, 0.6) is 11.5 Å². The molecule has 0 aliphatic carbocycles. The lowest BCUT2D eigenvalue weighted by Crippen LogP contribution is -2.54. The predicted octanol–water partition coefficient (Wildman–Crippen LogP) is 5.29. The van der Waals surface area contributed by atoms with Crippen LogP contribution in [-0.2, 0) is 9.59 Å². The maximum absolute atomic E-state index is 13.4. The number of hydrogen-bond acceptors (Lipinski definition) is 11. The molecule has 2 unspecified atom stereocenters. The van der Waals surface area contributed by atoms with Crippen LogP contribution in [0.1, 0.15) is 94.9 Å². The van der Waals surface area contributed by atoms with Gasteiger partial charge in [-0.3, -0.25) is 34.2 Å². The summed E-state index contributed by atoms with van der Waals surface area (Å²) >= 11 is 0. The number of primary amides is 1. The highest BCUT2D eigenvalue weighted by atomic mass is 16.5. The van der Waals surface area contributed by atoms with Gasteiger partial charge in [0.2, 0.25) is 11.8 Å². The number of fused-ring (bicyclic) bond motifs is 2. The highest BCUT2D eigenvalue weighted by Gasteiger charge is 2.45. The minimum absolute atomic E-state index is 0.101. The summed E-state index contributed by atoms with van der Waals surface area (Å²) in [5, 5.41) is 10.8. The number of nitrogens with one attached hydrogen (secondary N) is 2. The van der Waals surface area contributed by atoms with Gasteiger partial charge in [0.25, 0.3) is 17.7 Å². The molecule has 0 saturated carbocycles. The van der Waals surface area contributed by atoms with E-state index in [9.17, 15) is 24.0 Å². The maximum Gasteiger partial charge on any atom is 0.262 e. The monoisotopic (exact) mass is 853 g/mol. The molecule has 63 heavy (non-hydrogen) atoms. The topological polar surface area (TPSA) is 175 Å². The Labute approximate surface area is 366 Å². The van der Waals surface area contributed by atoms with Gasteiger partial charge in [0, 0.05) is 49.9 Å². The third-order valence-corrected chi connectivity index (χ3v) is 14.4. The van der Waals surface area contributed by atoms with Gasteiger partial charge < -0.3 is 30.5 Å². The van der Waals surface area contributed by atoms with Crippen LogP contribution < -0.4 is 26.0 Å². The fourth-order valence-corrected chi connectivity index (χ4v) is 11.0. The van der Waals surface area contributed by atoms with Gasteiger partial charge in [-0.2, -0.15) is 5.10 Å². The number of piperidine rings is 4. The van der Waals surface area contributed by atoms with Crippen molar-refractivity contribution in [2.75, 3.05) is 62.6 Å². The molecule has 0 radical (unpaired) electrons. The fourth-order valence-electron chi connectivity index (χ4n) is 11.0. The number of likely N-dealkylation sites (tertiary alicyclic amines) is 2. The number of aromatic nitrogens is 2. The smallest absolute Gasteiger partial charge is 0.262 e. The number of imide groups is 2. The summed E-state index contributed by atoms with van der Waals surface area (Å²) in [6.07, 6.45) is 7.89. The number of carbonyl (C=O) groups is 5. The van der Waals surface area contributed by atoms with Crippen LogP contribution in [0.4, 0.5) is 11.5 Å². The summed E-state index contributed by atoms with van der Waals surface area (Å²) in [4.78, 5) is 72.3. The van der Waals surface area contributed by atoms with Gasteiger partial charge in [-0.25, -0.2) is 4.68 Å². The number of rotatable bonds is 10. The van der Waals surface area contributed by atoms with Crippen molar-refractivity contribution in [2.45, 2.75) is 75.9 Å². The van der Waals surface area contributed by atoms with E-state index in [0.29, 0.717) is 46.0 Å². The molecule has 4 saturated heterocycles. The molecule has 328 valence electrons. The standard InChI is InChI=1S/C48H55N9O6/c49-44(59)42-43(32-6-9-36(10-7-32)63-35-4-2-1-3-5-35)52-57-39(14-21-50-45(42)57)31-17-26-54(27-18-31)33-19-22-53(23-20-33)29-30-15-24-55(25-16-30)34-8-11-37-38(28-34)48(62)56(47(37)61)40-12-13-41(58)51-46(40)60/h1-11,28,30-31,33,39-40,50H,12-27,29H2,(H2,49,59)(H,51,58,60). The van der Waals surface area contributed by atoms with E-state index in [2.05, 4.69) is 30.0 Å². The summed E-state index contributed by atoms with van der Waals surface area (Å²) in [5.74, 6) is 0.877. The van der Waals surface area contributed by atoms with E-state index in [4.69, 9.17) is 15.6 Å². The predicted molar refractivity (Wildman–Crippen MR) is 237 cm³/mol. The molecule has 15 nitrogen and oxygen atoms in total. The molecular weight excluding hydrogens is 799 g/mol. The number of ether oxygens (including phenoxy) is 1. The van der Waals surface area contributed by atoms with Crippen molar-refractivity contribution in [3.8, 4) is 22.8 Å². The summed E-state index contributed by atoms with van der Waals surface area (Å²) in [6, 6.07) is 22.6. The molecule has 15 heteroatoms. The number of benzene rings is 3. The number of amides is 5. The van der Waals surface area contributed by atoms with Gasteiger partial charge in [-0.15, -0.1) is 0 Å². The Morgan fingerprint density at radius 3 is 2.19 bits per heavy atom. The second kappa shape index (κ2) is 17.2. The Hall–Kier alpha value is -6.06. The fraction of sp³-hybridized carbons (Fsp3) is 0.458. The van der Waals surface area contributed by atoms with Crippen molar-refractivity contribution in [3.63, 3.8) is 0 Å². The van der Waals surface area contributed by atoms with Crippen molar-refractivity contribution < 1.29 is 28.7 Å². The Morgan fingerprint density at radius 1 is 0.762 bits per heavy atom. The Morgan fingerprint density at radius 2 is 1.48 bits per heavy atom. The molecule has 1 aromatic heterocycles. The van der Waals surface area contributed by atoms with Gasteiger partial charge >= 0.3 is 0 Å². The highest BCUT2D eigenvalue weighted by Crippen LogP contribution is 2.41. The van der Waals surface area contributed by atoms with Crippen LogP contribution in [0.2, 0.25) is 0 Å². The lowest BCUT2D eigenvalue weighted by molar-refractivity contribution is -0.136.